The molecule has 0 atom stereocenters. The van der Waals surface area contributed by atoms with E-state index in [2.05, 4.69) is 15.3 Å². The van der Waals surface area contributed by atoms with E-state index in [1.807, 2.05) is 35.7 Å². The van der Waals surface area contributed by atoms with Crippen molar-refractivity contribution in [2.24, 2.45) is 0 Å². The highest BCUT2D eigenvalue weighted by Crippen LogP contribution is 2.37. The lowest BCUT2D eigenvalue weighted by molar-refractivity contribution is 0.0515. The van der Waals surface area contributed by atoms with E-state index in [-0.39, 0.29) is 12.3 Å². The summed E-state index contributed by atoms with van der Waals surface area (Å²) in [5, 5.41) is 13.2. The van der Waals surface area contributed by atoms with Crippen molar-refractivity contribution in [2.45, 2.75) is 23.5 Å². The molecule has 2 aromatic carbocycles. The second kappa shape index (κ2) is 10.6. The average Bonchev–Trinajstić information content (AvgIpc) is 3.42. The molecular formula is C22H18Cl2N4O3S2. The van der Waals surface area contributed by atoms with Gasteiger partial charge < -0.3 is 9.47 Å². The third-order valence-corrected chi connectivity index (χ3v) is 7.08. The lowest BCUT2D eigenvalue weighted by Gasteiger charge is -2.07. The van der Waals surface area contributed by atoms with E-state index >= 15 is 0 Å². The summed E-state index contributed by atoms with van der Waals surface area (Å²) in [6.45, 7) is 2.40. The molecule has 2 heterocycles. The minimum Gasteiger partial charge on any atom is -0.497 e. The van der Waals surface area contributed by atoms with Gasteiger partial charge in [-0.3, -0.25) is 0 Å². The number of carbonyl (C=O) groups is 1. The predicted molar refractivity (Wildman–Crippen MR) is 130 cm³/mol. The van der Waals surface area contributed by atoms with Gasteiger partial charge in [0.2, 0.25) is 5.69 Å². The van der Waals surface area contributed by atoms with Gasteiger partial charge in [0.05, 0.1) is 25.3 Å². The summed E-state index contributed by atoms with van der Waals surface area (Å²) in [6, 6.07) is 12.9. The summed E-state index contributed by atoms with van der Waals surface area (Å²) >= 11 is 15.1. The molecule has 33 heavy (non-hydrogen) atoms. The first-order valence-electron chi connectivity index (χ1n) is 9.80. The molecule has 4 aromatic rings. The summed E-state index contributed by atoms with van der Waals surface area (Å²) in [6.07, 6.45) is 0. The zero-order valence-corrected chi connectivity index (χ0v) is 20.8. The number of nitrogens with zero attached hydrogens (tertiary/aromatic N) is 4. The molecular weight excluding hydrogens is 503 g/mol. The largest absolute Gasteiger partial charge is 0.497 e. The van der Waals surface area contributed by atoms with Crippen molar-refractivity contribution in [3.8, 4) is 16.3 Å². The molecule has 0 spiro atoms. The van der Waals surface area contributed by atoms with E-state index in [4.69, 9.17) is 32.7 Å². The van der Waals surface area contributed by atoms with Crippen LogP contribution in [0.4, 0.5) is 0 Å². The molecule has 0 saturated carbocycles. The molecule has 0 bridgehead atoms. The maximum absolute atomic E-state index is 12.5. The van der Waals surface area contributed by atoms with Crippen LogP contribution in [0.2, 0.25) is 10.0 Å². The summed E-state index contributed by atoms with van der Waals surface area (Å²) in [5.41, 5.74) is 1.91. The summed E-state index contributed by atoms with van der Waals surface area (Å²) < 4.78 is 12.0. The van der Waals surface area contributed by atoms with Crippen molar-refractivity contribution in [1.29, 1.82) is 0 Å². The number of rotatable bonds is 8. The van der Waals surface area contributed by atoms with Crippen LogP contribution in [-0.2, 0) is 11.3 Å². The quantitative estimate of drug-likeness (QED) is 0.260. The second-order valence-electron chi connectivity index (χ2n) is 6.69. The van der Waals surface area contributed by atoms with Crippen LogP contribution in [0.1, 0.15) is 23.0 Å². The van der Waals surface area contributed by atoms with Crippen LogP contribution in [0, 0.1) is 0 Å². The summed E-state index contributed by atoms with van der Waals surface area (Å²) in [4.78, 5) is 17.2. The van der Waals surface area contributed by atoms with Gasteiger partial charge in [-0.25, -0.2) is 14.5 Å². The summed E-state index contributed by atoms with van der Waals surface area (Å²) in [7, 11) is 1.62. The maximum atomic E-state index is 12.5. The zero-order valence-electron chi connectivity index (χ0n) is 17.6. The molecule has 0 unspecified atom stereocenters. The fourth-order valence-electron chi connectivity index (χ4n) is 2.93. The van der Waals surface area contributed by atoms with Gasteiger partial charge in [-0.05, 0) is 54.6 Å². The SMILES string of the molecule is CCOC(=O)c1nnn(Cc2ccc(OC)cc2)c1Sc1csc(-c2ccc(Cl)cc2Cl)n1. The van der Waals surface area contributed by atoms with Crippen molar-refractivity contribution in [2.75, 3.05) is 13.7 Å². The molecule has 0 saturated heterocycles. The standard InChI is InChI=1S/C22H18Cl2N4O3S2/c1-3-31-22(29)19-21(28(27-26-19)11-13-4-7-15(30-2)8-5-13)33-18-12-32-20(25-18)16-9-6-14(23)10-17(16)24/h4-10,12H,3,11H2,1-2H3. The van der Waals surface area contributed by atoms with Gasteiger partial charge in [-0.1, -0.05) is 40.5 Å². The lowest BCUT2D eigenvalue weighted by atomic mass is 10.2. The number of esters is 1. The number of halogens is 2. The van der Waals surface area contributed by atoms with Crippen molar-refractivity contribution in [3.63, 3.8) is 0 Å². The molecule has 0 aliphatic heterocycles. The number of methoxy groups -OCH3 is 1. The van der Waals surface area contributed by atoms with E-state index < -0.39 is 5.97 Å². The molecule has 0 radical (unpaired) electrons. The molecule has 11 heteroatoms. The highest BCUT2D eigenvalue weighted by Gasteiger charge is 2.23. The summed E-state index contributed by atoms with van der Waals surface area (Å²) in [5.74, 6) is 0.229. The zero-order chi connectivity index (χ0) is 23.4. The monoisotopic (exact) mass is 520 g/mol. The fourth-order valence-corrected chi connectivity index (χ4v) is 5.36. The van der Waals surface area contributed by atoms with Crippen LogP contribution in [0.5, 0.6) is 5.75 Å². The molecule has 170 valence electrons. The smallest absolute Gasteiger partial charge is 0.361 e. The number of hydrogen-bond acceptors (Lipinski definition) is 8. The molecule has 7 nitrogen and oxygen atoms in total. The van der Waals surface area contributed by atoms with Gasteiger partial charge in [-0.15, -0.1) is 16.4 Å². The highest BCUT2D eigenvalue weighted by atomic mass is 35.5. The number of hydrogen-bond donors (Lipinski definition) is 0. The molecule has 4 rings (SSSR count). The Morgan fingerprint density at radius 3 is 2.67 bits per heavy atom. The normalized spacial score (nSPS) is 10.9. The molecule has 0 aliphatic carbocycles. The molecule has 0 aliphatic rings. The second-order valence-corrected chi connectivity index (χ2v) is 9.40. The minimum absolute atomic E-state index is 0.148. The Morgan fingerprint density at radius 1 is 1.18 bits per heavy atom. The average molecular weight is 521 g/mol. The van der Waals surface area contributed by atoms with E-state index in [9.17, 15) is 4.79 Å². The number of aromatic nitrogens is 4. The van der Waals surface area contributed by atoms with Gasteiger partial charge in [0.15, 0.2) is 0 Å². The molecule has 0 fully saturated rings. The third-order valence-electron chi connectivity index (χ3n) is 4.50. The maximum Gasteiger partial charge on any atom is 0.361 e. The predicted octanol–water partition coefficient (Wildman–Crippen LogP) is 6.09. The van der Waals surface area contributed by atoms with Crippen LogP contribution >= 0.6 is 46.3 Å². The van der Waals surface area contributed by atoms with Gasteiger partial charge in [0.1, 0.15) is 20.8 Å². The van der Waals surface area contributed by atoms with Crippen LogP contribution < -0.4 is 4.74 Å². The number of ether oxygens (including phenoxy) is 2. The van der Waals surface area contributed by atoms with Gasteiger partial charge in [0.25, 0.3) is 0 Å². The minimum atomic E-state index is -0.530. The van der Waals surface area contributed by atoms with Crippen LogP contribution in [0.3, 0.4) is 0 Å². The van der Waals surface area contributed by atoms with E-state index in [0.717, 1.165) is 21.9 Å². The number of thiazole rings is 1. The Hall–Kier alpha value is -2.59. The first-order chi connectivity index (χ1) is 16.0. The van der Waals surface area contributed by atoms with E-state index in [1.165, 1.54) is 23.1 Å². The Morgan fingerprint density at radius 2 is 1.97 bits per heavy atom. The topological polar surface area (TPSA) is 79.1 Å². The lowest BCUT2D eigenvalue weighted by Crippen LogP contribution is -2.08. The third kappa shape index (κ3) is 5.50. The Kier molecular flexibility index (Phi) is 7.54. The van der Waals surface area contributed by atoms with Crippen LogP contribution in [-0.4, -0.2) is 39.7 Å². The van der Waals surface area contributed by atoms with Gasteiger partial charge in [0, 0.05) is 16.0 Å². The van der Waals surface area contributed by atoms with Crippen molar-refractivity contribution in [1.82, 2.24) is 20.0 Å². The number of carbonyl (C=O) groups excluding carboxylic acids is 1. The Bertz CT molecular complexity index is 1280. The van der Waals surface area contributed by atoms with E-state index in [0.29, 0.717) is 26.6 Å². The van der Waals surface area contributed by atoms with Crippen molar-refractivity contribution in [3.05, 3.63) is 69.1 Å². The first kappa shape index (κ1) is 23.6. The van der Waals surface area contributed by atoms with E-state index in [1.54, 1.807) is 30.8 Å². The van der Waals surface area contributed by atoms with Crippen LogP contribution in [0.25, 0.3) is 10.6 Å². The van der Waals surface area contributed by atoms with Gasteiger partial charge in [-0.2, -0.15) is 0 Å². The highest BCUT2D eigenvalue weighted by molar-refractivity contribution is 7.99. The van der Waals surface area contributed by atoms with Crippen molar-refractivity contribution >= 4 is 52.3 Å². The van der Waals surface area contributed by atoms with Crippen LogP contribution in [0.15, 0.2) is 57.9 Å². The first-order valence-corrected chi connectivity index (χ1v) is 12.3. The number of benzene rings is 2. The molecule has 0 amide bonds. The molecule has 0 N–H and O–H groups in total. The molecule has 2 aromatic heterocycles. The fraction of sp³-hybridized carbons (Fsp3) is 0.182. The van der Waals surface area contributed by atoms with Gasteiger partial charge >= 0.3 is 5.97 Å². The Labute approximate surface area is 208 Å². The van der Waals surface area contributed by atoms with Crippen molar-refractivity contribution < 1.29 is 14.3 Å². The Balaban J connectivity index is 1.64.